The first-order chi connectivity index (χ1) is 7.05. The number of aliphatic hydroxyl groups excluding tert-OH is 1. The molecule has 0 saturated heterocycles. The first-order valence-electron chi connectivity index (χ1n) is 5.11. The molecule has 1 amide bonds. The van der Waals surface area contributed by atoms with E-state index in [1.165, 1.54) is 0 Å². The lowest BCUT2D eigenvalue weighted by Crippen LogP contribution is -2.26. The minimum Gasteiger partial charge on any atom is -0.396 e. The summed E-state index contributed by atoms with van der Waals surface area (Å²) >= 11 is 0. The third kappa shape index (κ3) is 1.53. The first kappa shape index (κ1) is 10.2. The number of carbonyl (C=O) groups is 1. The topological polar surface area (TPSA) is 49.3 Å². The summed E-state index contributed by atoms with van der Waals surface area (Å²) in [4.78, 5) is 11.7. The lowest BCUT2D eigenvalue weighted by atomic mass is 9.85. The Morgan fingerprint density at radius 1 is 1.40 bits per heavy atom. The first-order valence-corrected chi connectivity index (χ1v) is 5.11. The van der Waals surface area contributed by atoms with Gasteiger partial charge in [-0.1, -0.05) is 12.1 Å². The van der Waals surface area contributed by atoms with Gasteiger partial charge in [0.05, 0.1) is 5.41 Å². The Hall–Kier alpha value is -1.35. The summed E-state index contributed by atoms with van der Waals surface area (Å²) in [6.07, 6.45) is 0.636. The highest BCUT2D eigenvalue weighted by Gasteiger charge is 2.38. The zero-order chi connectivity index (χ0) is 11.1. The molecule has 1 heterocycles. The minimum atomic E-state index is -0.458. The maximum absolute atomic E-state index is 11.7. The van der Waals surface area contributed by atoms with E-state index in [1.54, 1.807) is 0 Å². The number of anilines is 1. The van der Waals surface area contributed by atoms with Crippen molar-refractivity contribution in [3.8, 4) is 0 Å². The van der Waals surface area contributed by atoms with Gasteiger partial charge in [0.25, 0.3) is 0 Å². The molecule has 0 spiro atoms. The number of rotatable bonds is 2. The summed E-state index contributed by atoms with van der Waals surface area (Å²) < 4.78 is 0. The molecule has 0 fully saturated rings. The third-order valence-corrected chi connectivity index (χ3v) is 2.97. The Kier molecular flexibility index (Phi) is 2.27. The summed E-state index contributed by atoms with van der Waals surface area (Å²) in [6, 6.07) is 5.85. The largest absolute Gasteiger partial charge is 0.396 e. The van der Waals surface area contributed by atoms with Gasteiger partial charge in [-0.2, -0.15) is 0 Å². The van der Waals surface area contributed by atoms with Crippen molar-refractivity contribution >= 4 is 11.6 Å². The second-order valence-electron chi connectivity index (χ2n) is 4.43. The van der Waals surface area contributed by atoms with E-state index >= 15 is 0 Å². The zero-order valence-corrected chi connectivity index (χ0v) is 9.00. The summed E-state index contributed by atoms with van der Waals surface area (Å²) in [5.41, 5.74) is 2.53. The number of amides is 1. The van der Waals surface area contributed by atoms with Crippen LogP contribution in [-0.2, 0) is 16.6 Å². The van der Waals surface area contributed by atoms with Gasteiger partial charge in [0.1, 0.15) is 0 Å². The van der Waals surface area contributed by atoms with Gasteiger partial charge in [-0.15, -0.1) is 0 Å². The molecule has 3 heteroatoms. The van der Waals surface area contributed by atoms with Crippen LogP contribution in [-0.4, -0.2) is 17.6 Å². The molecule has 0 atom stereocenters. The van der Waals surface area contributed by atoms with E-state index in [0.29, 0.717) is 6.42 Å². The van der Waals surface area contributed by atoms with Crippen molar-refractivity contribution in [1.29, 1.82) is 0 Å². The maximum atomic E-state index is 11.7. The normalized spacial score (nSPS) is 17.4. The molecule has 0 unspecified atom stereocenters. The summed E-state index contributed by atoms with van der Waals surface area (Å²) in [5, 5.41) is 11.7. The molecule has 0 aromatic heterocycles. The van der Waals surface area contributed by atoms with E-state index in [4.69, 9.17) is 5.11 Å². The number of aliphatic hydroxyl groups is 1. The Labute approximate surface area is 89.1 Å². The van der Waals surface area contributed by atoms with Crippen molar-refractivity contribution in [1.82, 2.24) is 0 Å². The van der Waals surface area contributed by atoms with Gasteiger partial charge in [-0.05, 0) is 37.5 Å². The standard InChI is InChI=1S/C12H15NO2/c1-12(2)9-7-8(5-6-14)3-4-10(9)13-11(12)15/h3-4,7,14H,5-6H2,1-2H3,(H,13,15). The van der Waals surface area contributed by atoms with Crippen LogP contribution in [0.1, 0.15) is 25.0 Å². The SMILES string of the molecule is CC1(C)C(=O)Nc2ccc(CCO)cc21. The molecule has 2 rings (SSSR count). The molecule has 0 saturated carbocycles. The monoisotopic (exact) mass is 205 g/mol. The van der Waals surface area contributed by atoms with Crippen LogP contribution >= 0.6 is 0 Å². The quantitative estimate of drug-likeness (QED) is 0.767. The lowest BCUT2D eigenvalue weighted by molar-refractivity contribution is -0.119. The minimum absolute atomic E-state index is 0.0404. The van der Waals surface area contributed by atoms with E-state index < -0.39 is 5.41 Å². The van der Waals surface area contributed by atoms with E-state index in [2.05, 4.69) is 5.32 Å². The summed E-state index contributed by atoms with van der Waals surface area (Å²) in [6.45, 7) is 3.97. The van der Waals surface area contributed by atoms with Crippen LogP contribution < -0.4 is 5.32 Å². The fraction of sp³-hybridized carbons (Fsp3) is 0.417. The number of hydrogen-bond donors (Lipinski definition) is 2. The van der Waals surface area contributed by atoms with Crippen molar-refractivity contribution < 1.29 is 9.90 Å². The third-order valence-electron chi connectivity index (χ3n) is 2.97. The second-order valence-corrected chi connectivity index (χ2v) is 4.43. The smallest absolute Gasteiger partial charge is 0.234 e. The molecule has 1 aromatic carbocycles. The van der Waals surface area contributed by atoms with E-state index in [9.17, 15) is 4.79 Å². The van der Waals surface area contributed by atoms with Gasteiger partial charge in [0, 0.05) is 12.3 Å². The zero-order valence-electron chi connectivity index (χ0n) is 9.00. The molecule has 0 aliphatic carbocycles. The molecule has 80 valence electrons. The average Bonchev–Trinajstić information content (AvgIpc) is 2.40. The summed E-state index contributed by atoms with van der Waals surface area (Å²) in [7, 11) is 0. The number of nitrogens with one attached hydrogen (secondary N) is 1. The second kappa shape index (κ2) is 3.35. The van der Waals surface area contributed by atoms with Crippen LogP contribution in [0.15, 0.2) is 18.2 Å². The highest BCUT2D eigenvalue weighted by atomic mass is 16.2. The van der Waals surface area contributed by atoms with E-state index in [1.807, 2.05) is 32.0 Å². The Bertz CT molecular complexity index is 410. The van der Waals surface area contributed by atoms with Crippen LogP contribution in [0, 0.1) is 0 Å². The predicted octanol–water partition coefficient (Wildman–Crippen LogP) is 1.45. The van der Waals surface area contributed by atoms with E-state index in [0.717, 1.165) is 16.8 Å². The maximum Gasteiger partial charge on any atom is 0.234 e. The molecular weight excluding hydrogens is 190 g/mol. The number of benzene rings is 1. The van der Waals surface area contributed by atoms with E-state index in [-0.39, 0.29) is 12.5 Å². The molecule has 1 aliphatic rings. The van der Waals surface area contributed by atoms with Gasteiger partial charge >= 0.3 is 0 Å². The molecule has 0 bridgehead atoms. The molecule has 3 nitrogen and oxygen atoms in total. The molecule has 0 radical (unpaired) electrons. The van der Waals surface area contributed by atoms with Crippen LogP contribution in [0.3, 0.4) is 0 Å². The van der Waals surface area contributed by atoms with Gasteiger partial charge in [-0.3, -0.25) is 4.79 Å². The molecular formula is C12H15NO2. The number of hydrogen-bond acceptors (Lipinski definition) is 2. The van der Waals surface area contributed by atoms with Gasteiger partial charge in [0.15, 0.2) is 0 Å². The van der Waals surface area contributed by atoms with Gasteiger partial charge in [0.2, 0.25) is 5.91 Å². The van der Waals surface area contributed by atoms with Crippen molar-refractivity contribution in [2.75, 3.05) is 11.9 Å². The van der Waals surface area contributed by atoms with Gasteiger partial charge < -0.3 is 10.4 Å². The highest BCUT2D eigenvalue weighted by Crippen LogP contribution is 2.37. The Morgan fingerprint density at radius 2 is 2.13 bits per heavy atom. The molecule has 2 N–H and O–H groups in total. The van der Waals surface area contributed by atoms with Crippen LogP contribution in [0.4, 0.5) is 5.69 Å². The highest BCUT2D eigenvalue weighted by molar-refractivity contribution is 6.05. The van der Waals surface area contributed by atoms with Crippen molar-refractivity contribution in [3.63, 3.8) is 0 Å². The number of carbonyl (C=O) groups excluding carboxylic acids is 1. The fourth-order valence-corrected chi connectivity index (χ4v) is 1.90. The van der Waals surface area contributed by atoms with Gasteiger partial charge in [-0.25, -0.2) is 0 Å². The van der Waals surface area contributed by atoms with Crippen molar-refractivity contribution in [3.05, 3.63) is 29.3 Å². The lowest BCUT2D eigenvalue weighted by Gasteiger charge is -2.15. The molecule has 1 aromatic rings. The fourth-order valence-electron chi connectivity index (χ4n) is 1.90. The van der Waals surface area contributed by atoms with Crippen LogP contribution in [0.5, 0.6) is 0 Å². The molecule has 15 heavy (non-hydrogen) atoms. The average molecular weight is 205 g/mol. The van der Waals surface area contributed by atoms with Crippen molar-refractivity contribution in [2.24, 2.45) is 0 Å². The van der Waals surface area contributed by atoms with Crippen LogP contribution in [0.2, 0.25) is 0 Å². The Morgan fingerprint density at radius 3 is 2.80 bits per heavy atom. The predicted molar refractivity (Wildman–Crippen MR) is 58.9 cm³/mol. The number of fused-ring (bicyclic) bond motifs is 1. The van der Waals surface area contributed by atoms with Crippen molar-refractivity contribution in [2.45, 2.75) is 25.7 Å². The molecule has 1 aliphatic heterocycles. The summed E-state index contributed by atoms with van der Waals surface area (Å²) in [5.74, 6) is 0.0404. The van der Waals surface area contributed by atoms with Crippen LogP contribution in [0.25, 0.3) is 0 Å². The Balaban J connectivity index is 2.45.